The van der Waals surface area contributed by atoms with Gasteiger partial charge < -0.3 is 29.2 Å². The second-order valence-electron chi connectivity index (χ2n) is 11.6. The van der Waals surface area contributed by atoms with E-state index in [2.05, 4.69) is 33.8 Å². The molecule has 2 heterocycles. The number of hydrogen-bond donors (Lipinski definition) is 2. The Morgan fingerprint density at radius 3 is 2.64 bits per heavy atom. The Kier molecular flexibility index (Phi) is 4.52. The summed E-state index contributed by atoms with van der Waals surface area (Å²) in [5.41, 5.74) is 0.981. The molecule has 6 rings (SSSR count). The average Bonchev–Trinajstić information content (AvgIpc) is 3.44. The molecule has 0 amide bonds. The van der Waals surface area contributed by atoms with Gasteiger partial charge in [-0.25, -0.2) is 0 Å². The average molecular weight is 459 g/mol. The van der Waals surface area contributed by atoms with E-state index in [0.717, 1.165) is 23.8 Å². The Labute approximate surface area is 194 Å². The molecule has 0 aromatic rings. The summed E-state index contributed by atoms with van der Waals surface area (Å²) in [4.78, 5) is 12.5. The maximum atomic E-state index is 12.5. The molecule has 4 aliphatic carbocycles. The van der Waals surface area contributed by atoms with E-state index in [1.807, 2.05) is 0 Å². The molecule has 2 saturated carbocycles. The fraction of sp³-hybridized carbons (Fsp3) is 0.731. The highest BCUT2D eigenvalue weighted by molar-refractivity contribution is 6.06. The van der Waals surface area contributed by atoms with E-state index in [1.54, 1.807) is 6.08 Å². The van der Waals surface area contributed by atoms with Gasteiger partial charge in [0, 0.05) is 22.3 Å². The summed E-state index contributed by atoms with van der Waals surface area (Å²) in [6, 6.07) is 0. The van der Waals surface area contributed by atoms with Crippen LogP contribution in [0.3, 0.4) is 0 Å². The first kappa shape index (κ1) is 22.0. The smallest absolute Gasteiger partial charge is 0.227 e. The number of allylic oxidation sites excluding steroid dienone is 5. The number of ketones is 1. The van der Waals surface area contributed by atoms with Crippen molar-refractivity contribution in [2.45, 2.75) is 64.4 Å². The van der Waals surface area contributed by atoms with Crippen LogP contribution in [0.4, 0.5) is 0 Å². The maximum absolute atomic E-state index is 12.5. The van der Waals surface area contributed by atoms with Crippen LogP contribution in [0.25, 0.3) is 0 Å². The summed E-state index contributed by atoms with van der Waals surface area (Å²) < 4.78 is 24.4. The van der Waals surface area contributed by atoms with Crippen molar-refractivity contribution in [1.29, 1.82) is 0 Å². The zero-order valence-corrected chi connectivity index (χ0v) is 19.8. The Balaban J connectivity index is 1.49. The first-order valence-corrected chi connectivity index (χ1v) is 12.1. The molecule has 0 aromatic heterocycles. The number of carbonyl (C=O) groups excluding carboxylic acids is 1. The van der Waals surface area contributed by atoms with Crippen molar-refractivity contribution in [1.82, 2.24) is 0 Å². The Morgan fingerprint density at radius 2 is 1.94 bits per heavy atom. The lowest BCUT2D eigenvalue weighted by molar-refractivity contribution is -0.264. The third-order valence-electron chi connectivity index (χ3n) is 10.2. The number of aliphatic hydroxyl groups excluding tert-OH is 2. The molecule has 0 radical (unpaired) electrons. The van der Waals surface area contributed by atoms with Crippen LogP contribution in [0.5, 0.6) is 0 Å². The normalized spacial score (nSPS) is 54.4. The van der Waals surface area contributed by atoms with Crippen LogP contribution in [-0.4, -0.2) is 53.7 Å². The minimum Gasteiger partial charge on any atom is -0.515 e. The zero-order valence-electron chi connectivity index (χ0n) is 19.8. The summed E-state index contributed by atoms with van der Waals surface area (Å²) in [5, 5.41) is 21.5. The number of fused-ring (bicyclic) bond motifs is 7. The summed E-state index contributed by atoms with van der Waals surface area (Å²) in [6.07, 6.45) is 6.21. The molecule has 0 aromatic carbocycles. The third kappa shape index (κ3) is 2.40. The van der Waals surface area contributed by atoms with Gasteiger partial charge in [-0.2, -0.15) is 0 Å². The molecular weight excluding hydrogens is 424 g/mol. The number of ether oxygens (including phenoxy) is 4. The van der Waals surface area contributed by atoms with E-state index in [9.17, 15) is 15.0 Å². The van der Waals surface area contributed by atoms with E-state index in [4.69, 9.17) is 18.9 Å². The lowest BCUT2D eigenvalue weighted by Gasteiger charge is -2.61. The predicted octanol–water partition coefficient (Wildman–Crippen LogP) is 3.40. The molecule has 33 heavy (non-hydrogen) atoms. The molecule has 2 N–H and O–H groups in total. The zero-order chi connectivity index (χ0) is 23.4. The van der Waals surface area contributed by atoms with Crippen LogP contribution in [0.15, 0.2) is 35.1 Å². The molecule has 2 saturated heterocycles. The largest absolute Gasteiger partial charge is 0.515 e. The molecule has 7 heteroatoms. The molecule has 4 fully saturated rings. The van der Waals surface area contributed by atoms with Crippen LogP contribution in [0.2, 0.25) is 0 Å². The lowest BCUT2D eigenvalue weighted by atomic mass is 9.45. The molecule has 1 unspecified atom stereocenters. The van der Waals surface area contributed by atoms with Crippen molar-refractivity contribution in [3.63, 3.8) is 0 Å². The summed E-state index contributed by atoms with van der Waals surface area (Å²) in [6.45, 7) is 9.33. The monoisotopic (exact) mass is 458 g/mol. The van der Waals surface area contributed by atoms with Gasteiger partial charge in [0.05, 0.1) is 12.4 Å². The lowest BCUT2D eigenvalue weighted by Crippen LogP contribution is -2.67. The third-order valence-corrected chi connectivity index (χ3v) is 10.2. The fourth-order valence-electron chi connectivity index (χ4n) is 9.19. The van der Waals surface area contributed by atoms with E-state index >= 15 is 0 Å². The second kappa shape index (κ2) is 6.79. The standard InChI is InChI=1S/C26H34O7/c1-14-5-17-19-6-15(2)26(25(32-13-33-26)11-30-12-31-25)24(19,4)9-21(29)22(17)23(3)8-16(10-27)20(28)7-18(14)23/h5,7,10,15,17,19,21-22,27,29H,6,8-9,11-13H2,1-4H3/b16-10-/t15-,17+,19+,21+,22-,23+,24+,25?,26-/m1/s1. The topological polar surface area (TPSA) is 94.5 Å². The van der Waals surface area contributed by atoms with Crippen LogP contribution >= 0.6 is 0 Å². The molecule has 7 nitrogen and oxygen atoms in total. The van der Waals surface area contributed by atoms with Gasteiger partial charge in [-0.3, -0.25) is 4.79 Å². The number of hydrogen-bond acceptors (Lipinski definition) is 7. The molecule has 6 aliphatic rings. The Bertz CT molecular complexity index is 985. The van der Waals surface area contributed by atoms with Gasteiger partial charge in [-0.05, 0) is 55.6 Å². The highest BCUT2D eigenvalue weighted by Gasteiger charge is 2.79. The van der Waals surface area contributed by atoms with Crippen molar-refractivity contribution in [3.8, 4) is 0 Å². The predicted molar refractivity (Wildman–Crippen MR) is 118 cm³/mol. The molecule has 0 bridgehead atoms. The summed E-state index contributed by atoms with van der Waals surface area (Å²) in [7, 11) is 0. The van der Waals surface area contributed by atoms with Gasteiger partial charge in [0.2, 0.25) is 5.79 Å². The summed E-state index contributed by atoms with van der Waals surface area (Å²) >= 11 is 0. The van der Waals surface area contributed by atoms with Gasteiger partial charge >= 0.3 is 0 Å². The number of rotatable bonds is 0. The van der Waals surface area contributed by atoms with Gasteiger partial charge in [-0.1, -0.05) is 32.4 Å². The van der Waals surface area contributed by atoms with Crippen molar-refractivity contribution in [2.24, 2.45) is 34.5 Å². The van der Waals surface area contributed by atoms with E-state index in [0.29, 0.717) is 25.0 Å². The van der Waals surface area contributed by atoms with E-state index < -0.39 is 22.9 Å². The van der Waals surface area contributed by atoms with Crippen LogP contribution in [0.1, 0.15) is 47.0 Å². The van der Waals surface area contributed by atoms with Crippen LogP contribution < -0.4 is 0 Å². The second-order valence-corrected chi connectivity index (χ2v) is 11.6. The highest BCUT2D eigenvalue weighted by atomic mass is 16.9. The first-order chi connectivity index (χ1) is 15.6. The van der Waals surface area contributed by atoms with Gasteiger partial charge in [0.1, 0.15) is 12.2 Å². The molecule has 180 valence electrons. The van der Waals surface area contributed by atoms with Crippen molar-refractivity contribution >= 4 is 5.78 Å². The number of carbonyl (C=O) groups is 1. The van der Waals surface area contributed by atoms with Gasteiger partial charge in [0.25, 0.3) is 0 Å². The van der Waals surface area contributed by atoms with Gasteiger partial charge in [0.15, 0.2) is 19.4 Å². The van der Waals surface area contributed by atoms with Crippen molar-refractivity contribution in [2.75, 3.05) is 20.2 Å². The van der Waals surface area contributed by atoms with Crippen LogP contribution in [0, 0.1) is 34.5 Å². The molecule has 9 atom stereocenters. The first-order valence-electron chi connectivity index (χ1n) is 12.1. The van der Waals surface area contributed by atoms with E-state index in [1.165, 1.54) is 0 Å². The Hall–Kier alpha value is -1.51. The minimum atomic E-state index is -0.949. The molecular formula is C26H34O7. The fourth-order valence-corrected chi connectivity index (χ4v) is 9.19. The molecule has 2 aliphatic heterocycles. The Morgan fingerprint density at radius 1 is 1.18 bits per heavy atom. The summed E-state index contributed by atoms with van der Waals surface area (Å²) in [5.74, 6) is -0.640. The van der Waals surface area contributed by atoms with Crippen molar-refractivity contribution in [3.05, 3.63) is 35.1 Å². The number of aliphatic hydroxyl groups is 2. The minimum absolute atomic E-state index is 0.0602. The maximum Gasteiger partial charge on any atom is 0.227 e. The van der Waals surface area contributed by atoms with Crippen molar-refractivity contribution < 1.29 is 34.0 Å². The quantitative estimate of drug-likeness (QED) is 0.424. The van der Waals surface area contributed by atoms with Crippen LogP contribution in [-0.2, 0) is 23.7 Å². The van der Waals surface area contributed by atoms with E-state index in [-0.39, 0.29) is 48.5 Å². The SMILES string of the molecule is CC1=C[C@@H]2[C@H]([C@@H](O)C[C@@]3(C)[C@H]2C[C@@H](C)[C@@]32OCOC23COCO3)[C@@]2(C)C/C(=C/O)C(=O)C=C12. The molecule has 2 spiro atoms. The highest BCUT2D eigenvalue weighted by Crippen LogP contribution is 2.72. The van der Waals surface area contributed by atoms with Gasteiger partial charge in [-0.15, -0.1) is 0 Å².